The van der Waals surface area contributed by atoms with E-state index in [1.54, 1.807) is 0 Å². The number of hydrogen-bond donors (Lipinski definition) is 1. The molecule has 3 fully saturated rings. The fourth-order valence-electron chi connectivity index (χ4n) is 6.34. The fraction of sp³-hybridized carbons (Fsp3) is 0.857. The van der Waals surface area contributed by atoms with Crippen LogP contribution in [0.4, 0.5) is 0 Å². The van der Waals surface area contributed by atoms with E-state index in [-0.39, 0.29) is 23.7 Å². The summed E-state index contributed by atoms with van der Waals surface area (Å²) in [4.78, 5) is 24.7. The van der Waals surface area contributed by atoms with Crippen LogP contribution in [0.25, 0.3) is 0 Å². The number of esters is 1. The molecule has 148 valence electrons. The monoisotopic (exact) mass is 366 g/mol. The predicted molar refractivity (Wildman–Crippen MR) is 97.8 cm³/mol. The normalized spacial score (nSPS) is 46.4. The number of allylic oxidation sites excluding steroid dienone is 2. The van der Waals surface area contributed by atoms with E-state index < -0.39 is 22.2 Å². The predicted octanol–water partition coefficient (Wildman–Crippen LogP) is 4.00. The van der Waals surface area contributed by atoms with Crippen molar-refractivity contribution < 1.29 is 24.4 Å². The van der Waals surface area contributed by atoms with Crippen LogP contribution in [0.2, 0.25) is 0 Å². The summed E-state index contributed by atoms with van der Waals surface area (Å²) in [5.74, 6) is -2.16. The molecule has 0 aromatic rings. The highest BCUT2D eigenvalue weighted by atomic mass is 17.2. The second-order valence-corrected chi connectivity index (χ2v) is 9.63. The van der Waals surface area contributed by atoms with Gasteiger partial charge in [-0.3, -0.25) is 4.79 Å². The molecule has 0 aromatic carbocycles. The molecule has 1 N–H and O–H groups in total. The van der Waals surface area contributed by atoms with E-state index in [2.05, 4.69) is 26.8 Å². The number of aliphatic hydroxyl groups is 1. The topological polar surface area (TPSA) is 65.0 Å². The maximum Gasteiger partial charge on any atom is 0.318 e. The molecular formula is C21H34O5. The summed E-state index contributed by atoms with van der Waals surface area (Å²) in [7, 11) is 1.41. The summed E-state index contributed by atoms with van der Waals surface area (Å²) in [6, 6.07) is 0. The van der Waals surface area contributed by atoms with Gasteiger partial charge >= 0.3 is 5.97 Å². The number of ether oxygens (including phenoxy) is 1. The summed E-state index contributed by atoms with van der Waals surface area (Å²) in [6.07, 6.45) is 5.58. The zero-order chi connectivity index (χ0) is 19.5. The van der Waals surface area contributed by atoms with Crippen LogP contribution in [0.3, 0.4) is 0 Å². The maximum atomic E-state index is 13.4. The molecule has 1 unspecified atom stereocenters. The number of hydrogen-bond acceptors (Lipinski definition) is 5. The number of carbonyl (C=O) groups excluding carboxylic acids is 1. The van der Waals surface area contributed by atoms with Gasteiger partial charge in [0, 0.05) is 11.8 Å². The lowest BCUT2D eigenvalue weighted by molar-refractivity contribution is -0.545. The molecule has 2 aliphatic carbocycles. The molecule has 3 rings (SSSR count). The Morgan fingerprint density at radius 1 is 1.27 bits per heavy atom. The van der Waals surface area contributed by atoms with Crippen molar-refractivity contribution in [2.45, 2.75) is 78.6 Å². The molecule has 5 nitrogen and oxygen atoms in total. The Morgan fingerprint density at radius 3 is 2.50 bits per heavy atom. The van der Waals surface area contributed by atoms with E-state index in [0.29, 0.717) is 0 Å². The van der Waals surface area contributed by atoms with Crippen LogP contribution in [0.5, 0.6) is 0 Å². The molecule has 0 spiro atoms. The maximum absolute atomic E-state index is 13.4. The summed E-state index contributed by atoms with van der Waals surface area (Å²) in [5.41, 5.74) is -0.948. The van der Waals surface area contributed by atoms with Gasteiger partial charge < -0.3 is 9.84 Å². The summed E-state index contributed by atoms with van der Waals surface area (Å²) < 4.78 is 5.33. The molecule has 0 aromatic heterocycles. The molecule has 0 bridgehead atoms. The fourth-order valence-corrected chi connectivity index (χ4v) is 6.34. The van der Waals surface area contributed by atoms with Crippen molar-refractivity contribution >= 4 is 5.97 Å². The average molecular weight is 366 g/mol. The molecule has 26 heavy (non-hydrogen) atoms. The minimum absolute atomic E-state index is 0.164. The van der Waals surface area contributed by atoms with E-state index in [9.17, 15) is 9.90 Å². The molecule has 2 saturated carbocycles. The van der Waals surface area contributed by atoms with Crippen LogP contribution in [-0.4, -0.2) is 29.6 Å². The lowest BCUT2D eigenvalue weighted by atomic mass is 9.44. The first kappa shape index (κ1) is 19.8. The highest BCUT2D eigenvalue weighted by Gasteiger charge is 2.82. The van der Waals surface area contributed by atoms with Crippen LogP contribution < -0.4 is 0 Å². The first-order chi connectivity index (χ1) is 12.0. The van der Waals surface area contributed by atoms with Crippen LogP contribution in [0.1, 0.15) is 67.2 Å². The average Bonchev–Trinajstić information content (AvgIpc) is 2.91. The highest BCUT2D eigenvalue weighted by molar-refractivity contribution is 5.81. The van der Waals surface area contributed by atoms with Gasteiger partial charge in [-0.2, -0.15) is 4.89 Å². The molecule has 0 radical (unpaired) electrons. The Morgan fingerprint density at radius 2 is 1.92 bits per heavy atom. The van der Waals surface area contributed by atoms with Crippen LogP contribution >= 0.6 is 0 Å². The van der Waals surface area contributed by atoms with Crippen LogP contribution in [0.15, 0.2) is 11.6 Å². The molecule has 6 atom stereocenters. The zero-order valence-corrected chi connectivity index (χ0v) is 17.2. The first-order valence-electron chi connectivity index (χ1n) is 9.78. The van der Waals surface area contributed by atoms with Crippen molar-refractivity contribution in [1.82, 2.24) is 0 Å². The van der Waals surface area contributed by atoms with Gasteiger partial charge in [0.25, 0.3) is 0 Å². The Labute approximate surface area is 157 Å². The number of methoxy groups -OCH3 is 1. The van der Waals surface area contributed by atoms with Gasteiger partial charge in [-0.25, -0.2) is 4.89 Å². The first-order valence-corrected chi connectivity index (χ1v) is 9.78. The van der Waals surface area contributed by atoms with Gasteiger partial charge in [0.1, 0.15) is 11.0 Å². The lowest BCUT2D eigenvalue weighted by Crippen LogP contribution is -2.75. The van der Waals surface area contributed by atoms with E-state index in [4.69, 9.17) is 14.5 Å². The van der Waals surface area contributed by atoms with Crippen molar-refractivity contribution in [3.8, 4) is 0 Å². The van der Waals surface area contributed by atoms with Crippen molar-refractivity contribution in [2.24, 2.45) is 28.6 Å². The van der Waals surface area contributed by atoms with E-state index in [0.717, 1.165) is 25.7 Å². The molecule has 1 aliphatic heterocycles. The van der Waals surface area contributed by atoms with E-state index >= 15 is 0 Å². The molecule has 1 saturated heterocycles. The molecule has 0 amide bonds. The van der Waals surface area contributed by atoms with Crippen LogP contribution in [-0.2, 0) is 19.3 Å². The molecule has 5 heteroatoms. The zero-order valence-electron chi connectivity index (χ0n) is 17.2. The number of rotatable bonds is 3. The molecular weight excluding hydrogens is 332 g/mol. The van der Waals surface area contributed by atoms with Gasteiger partial charge in [0.2, 0.25) is 5.79 Å². The molecule has 3 aliphatic rings. The van der Waals surface area contributed by atoms with E-state index in [1.807, 2.05) is 20.8 Å². The largest absolute Gasteiger partial charge is 0.468 e. The van der Waals surface area contributed by atoms with Gasteiger partial charge in [-0.05, 0) is 64.7 Å². The van der Waals surface area contributed by atoms with Gasteiger partial charge in [-0.1, -0.05) is 25.5 Å². The van der Waals surface area contributed by atoms with Crippen molar-refractivity contribution in [3.05, 3.63) is 11.6 Å². The number of carbonyl (C=O) groups is 1. The summed E-state index contributed by atoms with van der Waals surface area (Å²) in [6.45, 7) is 12.2. The Bertz CT molecular complexity index is 622. The lowest BCUT2D eigenvalue weighted by Gasteiger charge is -2.65. The third kappa shape index (κ3) is 2.23. The Hall–Kier alpha value is -0.910. The van der Waals surface area contributed by atoms with Crippen molar-refractivity contribution in [1.29, 1.82) is 0 Å². The second-order valence-electron chi connectivity index (χ2n) is 9.63. The van der Waals surface area contributed by atoms with Gasteiger partial charge in [0.15, 0.2) is 0 Å². The minimum atomic E-state index is -1.67. The van der Waals surface area contributed by atoms with Crippen LogP contribution in [0, 0.1) is 28.6 Å². The summed E-state index contributed by atoms with van der Waals surface area (Å²) in [5, 5.41) is 11.7. The standard InChI is InChI=1S/C21H34O5/c1-13(2)8-9-15-12-14(3)21(23)20(17(22)24-7)16(10-11-19(15,20)6)18(4,5)25-26-21/h8,14-16,23H,9-12H2,1-7H3/t14-,15-,16?,19+,20-,21-/m0/s1. The Kier molecular flexibility index (Phi) is 4.61. The van der Waals surface area contributed by atoms with Crippen molar-refractivity contribution in [2.75, 3.05) is 7.11 Å². The quantitative estimate of drug-likeness (QED) is 0.464. The minimum Gasteiger partial charge on any atom is -0.468 e. The van der Waals surface area contributed by atoms with E-state index in [1.165, 1.54) is 12.7 Å². The Balaban J connectivity index is 2.22. The third-order valence-electron chi connectivity index (χ3n) is 7.69. The second kappa shape index (κ2) is 6.05. The summed E-state index contributed by atoms with van der Waals surface area (Å²) >= 11 is 0. The smallest absolute Gasteiger partial charge is 0.318 e. The van der Waals surface area contributed by atoms with Gasteiger partial charge in [0.05, 0.1) is 7.11 Å². The van der Waals surface area contributed by atoms with Gasteiger partial charge in [-0.15, -0.1) is 0 Å². The SMILES string of the molecule is COC(=O)[C@@]12C3CC[C@]1(C)[C@@H](CC=C(C)C)C[C@H](C)[C@]2(O)OOC3(C)C. The molecule has 1 heterocycles. The highest BCUT2D eigenvalue weighted by Crippen LogP contribution is 2.74. The third-order valence-corrected chi connectivity index (χ3v) is 7.69. The van der Waals surface area contributed by atoms with Crippen molar-refractivity contribution in [3.63, 3.8) is 0 Å².